The van der Waals surface area contributed by atoms with Crippen LogP contribution in [0, 0.1) is 6.92 Å². The molecule has 3 aromatic heterocycles. The van der Waals surface area contributed by atoms with E-state index < -0.39 is 0 Å². The van der Waals surface area contributed by atoms with Gasteiger partial charge in [0.05, 0.1) is 23.0 Å². The Hall–Kier alpha value is -2.16. The van der Waals surface area contributed by atoms with Crippen LogP contribution in [0.1, 0.15) is 42.4 Å². The summed E-state index contributed by atoms with van der Waals surface area (Å²) in [6.07, 6.45) is 6.63. The molecule has 3 heterocycles. The maximum absolute atomic E-state index is 8.36. The molecule has 156 valence electrons. The second-order valence-corrected chi connectivity index (χ2v) is 8.55. The summed E-state index contributed by atoms with van der Waals surface area (Å²) in [5.74, 6) is 1.63. The number of hydrogen-bond acceptors (Lipinski definition) is 7. The average molecular weight is 437 g/mol. The molecule has 1 saturated carbocycles. The van der Waals surface area contributed by atoms with Gasteiger partial charge in [0.1, 0.15) is 11.6 Å². The van der Waals surface area contributed by atoms with Crippen LogP contribution >= 0.6 is 22.9 Å². The molecule has 9 heteroatoms. The predicted molar refractivity (Wildman–Crippen MR) is 116 cm³/mol. The fourth-order valence-corrected chi connectivity index (χ4v) is 4.83. The normalized spacial score (nSPS) is 14.7. The number of aromatic nitrogens is 2. The SMILES string of the molecule is Cc1c(CC(C)NC2CCC2)sc2c(NCc3ccco3)nc(Cl)nc12.O=CO. The molecule has 3 N–H and O–H groups in total. The van der Waals surface area contributed by atoms with E-state index in [4.69, 9.17) is 25.9 Å². The number of rotatable bonds is 7. The fraction of sp³-hybridized carbons (Fsp3) is 0.450. The zero-order chi connectivity index (χ0) is 20.8. The monoisotopic (exact) mass is 436 g/mol. The van der Waals surface area contributed by atoms with E-state index in [1.165, 1.54) is 29.7 Å². The molecule has 3 aromatic rings. The van der Waals surface area contributed by atoms with Gasteiger partial charge in [-0.3, -0.25) is 4.79 Å². The third-order valence-corrected chi connectivity index (χ3v) is 6.44. The second kappa shape index (κ2) is 10.0. The van der Waals surface area contributed by atoms with Crippen molar-refractivity contribution in [3.8, 4) is 0 Å². The average Bonchev–Trinajstić information content (AvgIpc) is 3.27. The molecule has 0 bridgehead atoms. The van der Waals surface area contributed by atoms with E-state index in [2.05, 4.69) is 34.4 Å². The quantitative estimate of drug-likeness (QED) is 0.366. The van der Waals surface area contributed by atoms with Crippen molar-refractivity contribution in [1.82, 2.24) is 15.3 Å². The van der Waals surface area contributed by atoms with Crippen LogP contribution in [0.5, 0.6) is 0 Å². The zero-order valence-electron chi connectivity index (χ0n) is 16.4. The number of nitrogens with one attached hydrogen (secondary N) is 2. The number of aryl methyl sites for hydroxylation is 1. The van der Waals surface area contributed by atoms with Crippen LogP contribution in [0.3, 0.4) is 0 Å². The standard InChI is InChI=1S/C19H23ClN4OS.CH2O2/c1-11(22-13-5-3-6-13)9-15-12(2)16-17(26-15)18(24-19(20)23-16)21-10-14-7-4-8-25-14;2-1-3/h4,7-8,11,13,22H,3,5-6,9-10H2,1-2H3,(H,21,23,24);1H,(H,2,3). The van der Waals surface area contributed by atoms with Crippen molar-refractivity contribution in [1.29, 1.82) is 0 Å². The largest absolute Gasteiger partial charge is 0.483 e. The molecule has 0 aromatic carbocycles. The summed E-state index contributed by atoms with van der Waals surface area (Å²) in [6.45, 7) is 4.71. The van der Waals surface area contributed by atoms with Gasteiger partial charge in [-0.15, -0.1) is 11.3 Å². The van der Waals surface area contributed by atoms with Gasteiger partial charge >= 0.3 is 0 Å². The van der Waals surface area contributed by atoms with E-state index in [9.17, 15) is 0 Å². The van der Waals surface area contributed by atoms with Gasteiger partial charge in [-0.1, -0.05) is 6.42 Å². The van der Waals surface area contributed by atoms with Crippen molar-refractivity contribution in [2.75, 3.05) is 5.32 Å². The van der Waals surface area contributed by atoms with Crippen LogP contribution in [0.4, 0.5) is 5.82 Å². The van der Waals surface area contributed by atoms with Crippen LogP contribution in [-0.4, -0.2) is 33.6 Å². The van der Waals surface area contributed by atoms with Crippen molar-refractivity contribution in [3.63, 3.8) is 0 Å². The fourth-order valence-electron chi connectivity index (χ4n) is 3.32. The number of halogens is 1. The Kier molecular flexibility index (Phi) is 7.46. The van der Waals surface area contributed by atoms with Gasteiger partial charge in [0, 0.05) is 17.0 Å². The molecule has 1 aliphatic rings. The third kappa shape index (κ3) is 5.46. The number of furan rings is 1. The summed E-state index contributed by atoms with van der Waals surface area (Å²) in [4.78, 5) is 18.6. The molecule has 1 aliphatic carbocycles. The smallest absolute Gasteiger partial charge is 0.290 e. The molecule has 0 radical (unpaired) electrons. The topological polar surface area (TPSA) is 100 Å². The first kappa shape index (κ1) is 21.5. The number of anilines is 1. The number of nitrogens with zero attached hydrogens (tertiary/aromatic N) is 2. The van der Waals surface area contributed by atoms with Crippen molar-refractivity contribution in [2.45, 2.75) is 58.2 Å². The first-order valence-corrected chi connectivity index (χ1v) is 10.8. The highest BCUT2D eigenvalue weighted by molar-refractivity contribution is 7.19. The summed E-state index contributed by atoms with van der Waals surface area (Å²) in [7, 11) is 0. The summed E-state index contributed by atoms with van der Waals surface area (Å²) >= 11 is 7.93. The number of hydrogen-bond donors (Lipinski definition) is 3. The van der Waals surface area contributed by atoms with Crippen molar-refractivity contribution in [3.05, 3.63) is 39.9 Å². The van der Waals surface area contributed by atoms with E-state index in [-0.39, 0.29) is 11.8 Å². The molecule has 1 atom stereocenters. The summed E-state index contributed by atoms with van der Waals surface area (Å²) in [5.41, 5.74) is 2.15. The van der Waals surface area contributed by atoms with E-state index >= 15 is 0 Å². The lowest BCUT2D eigenvalue weighted by Crippen LogP contribution is -2.41. The first-order chi connectivity index (χ1) is 14.0. The Morgan fingerprint density at radius 2 is 2.21 bits per heavy atom. The summed E-state index contributed by atoms with van der Waals surface area (Å²) in [6, 6.07) is 4.96. The molecule has 0 amide bonds. The maximum Gasteiger partial charge on any atom is 0.290 e. The van der Waals surface area contributed by atoms with E-state index in [0.29, 0.717) is 18.6 Å². The maximum atomic E-state index is 8.36. The van der Waals surface area contributed by atoms with Crippen LogP contribution < -0.4 is 10.6 Å². The number of carbonyl (C=O) groups is 1. The Labute approximate surface area is 178 Å². The Morgan fingerprint density at radius 3 is 2.83 bits per heavy atom. The van der Waals surface area contributed by atoms with Crippen molar-refractivity contribution < 1.29 is 14.3 Å². The molecule has 0 aliphatic heterocycles. The highest BCUT2D eigenvalue weighted by Crippen LogP contribution is 2.35. The van der Waals surface area contributed by atoms with Crippen LogP contribution in [0.2, 0.25) is 5.28 Å². The molecule has 29 heavy (non-hydrogen) atoms. The van der Waals surface area contributed by atoms with Gasteiger partial charge in [0.2, 0.25) is 5.28 Å². The Bertz CT molecular complexity index is 941. The minimum atomic E-state index is -0.250. The van der Waals surface area contributed by atoms with E-state index in [1.807, 2.05) is 12.1 Å². The molecular weight excluding hydrogens is 412 g/mol. The van der Waals surface area contributed by atoms with Crippen LogP contribution in [-0.2, 0) is 17.8 Å². The molecule has 1 fully saturated rings. The highest BCUT2D eigenvalue weighted by atomic mass is 35.5. The number of fused-ring (bicyclic) bond motifs is 1. The van der Waals surface area contributed by atoms with Crippen molar-refractivity contribution >= 4 is 45.4 Å². The van der Waals surface area contributed by atoms with Crippen LogP contribution in [0.25, 0.3) is 10.2 Å². The van der Waals surface area contributed by atoms with Gasteiger partial charge in [-0.05, 0) is 62.4 Å². The van der Waals surface area contributed by atoms with Gasteiger partial charge in [-0.25, -0.2) is 4.98 Å². The lowest BCUT2D eigenvalue weighted by molar-refractivity contribution is -0.122. The molecule has 4 rings (SSSR count). The Balaban J connectivity index is 0.000000755. The highest BCUT2D eigenvalue weighted by Gasteiger charge is 2.21. The lowest BCUT2D eigenvalue weighted by Gasteiger charge is -2.30. The van der Waals surface area contributed by atoms with Crippen LogP contribution in [0.15, 0.2) is 22.8 Å². The van der Waals surface area contributed by atoms with Gasteiger partial charge < -0.3 is 20.2 Å². The van der Waals surface area contributed by atoms with E-state index in [1.54, 1.807) is 17.6 Å². The first-order valence-electron chi connectivity index (χ1n) is 9.57. The third-order valence-electron chi connectivity index (χ3n) is 4.96. The number of thiophene rings is 1. The Morgan fingerprint density at radius 1 is 1.45 bits per heavy atom. The van der Waals surface area contributed by atoms with Gasteiger partial charge in [0.15, 0.2) is 0 Å². The molecule has 7 nitrogen and oxygen atoms in total. The molecule has 0 saturated heterocycles. The van der Waals surface area contributed by atoms with Crippen molar-refractivity contribution in [2.24, 2.45) is 0 Å². The molecular formula is C20H25ClN4O3S. The number of carboxylic acid groups (broad SMARTS) is 1. The minimum Gasteiger partial charge on any atom is -0.483 e. The summed E-state index contributed by atoms with van der Waals surface area (Å²) in [5, 5.41) is 14.2. The van der Waals surface area contributed by atoms with Gasteiger partial charge in [-0.2, -0.15) is 4.98 Å². The van der Waals surface area contributed by atoms with E-state index in [0.717, 1.165) is 28.2 Å². The minimum absolute atomic E-state index is 0.250. The second-order valence-electron chi connectivity index (χ2n) is 7.11. The summed E-state index contributed by atoms with van der Waals surface area (Å²) < 4.78 is 6.45. The lowest BCUT2D eigenvalue weighted by atomic mass is 9.92. The van der Waals surface area contributed by atoms with Gasteiger partial charge in [0.25, 0.3) is 6.47 Å². The zero-order valence-corrected chi connectivity index (χ0v) is 18.0. The predicted octanol–water partition coefficient (Wildman–Crippen LogP) is 4.63. The molecule has 1 unspecified atom stereocenters. The molecule has 0 spiro atoms.